The third kappa shape index (κ3) is 4.46. The summed E-state index contributed by atoms with van der Waals surface area (Å²) in [6, 6.07) is 3.70. The number of fused-ring (bicyclic) bond motifs is 1. The molecule has 1 aliphatic heterocycles. The molecule has 0 fully saturated rings. The van der Waals surface area contributed by atoms with Gasteiger partial charge in [-0.3, -0.25) is 19.6 Å². The number of rotatable bonds is 5. The molecule has 2 N–H and O–H groups in total. The fourth-order valence-electron chi connectivity index (χ4n) is 2.88. The molecule has 0 spiro atoms. The molecule has 28 heavy (non-hydrogen) atoms. The summed E-state index contributed by atoms with van der Waals surface area (Å²) in [5.41, 5.74) is 0.184. The molecule has 7 nitrogen and oxygen atoms in total. The van der Waals surface area contributed by atoms with Gasteiger partial charge in [0.25, 0.3) is 0 Å². The lowest BCUT2D eigenvalue weighted by Gasteiger charge is -2.31. The number of H-pyrrole nitrogens is 1. The molecule has 3 rings (SSSR count). The second kappa shape index (κ2) is 8.21. The summed E-state index contributed by atoms with van der Waals surface area (Å²) in [6.45, 7) is 1.97. The maximum Gasteiger partial charge on any atom is 0.409 e. The molecule has 0 saturated heterocycles. The fraction of sp³-hybridized carbons (Fsp3) is 0.412. The number of aromatic nitrogens is 3. The van der Waals surface area contributed by atoms with Crippen molar-refractivity contribution in [2.75, 3.05) is 16.0 Å². The van der Waals surface area contributed by atoms with Gasteiger partial charge in [0.05, 0.1) is 23.5 Å². The molecule has 2 aromatic rings. The van der Waals surface area contributed by atoms with E-state index < -0.39 is 30.5 Å². The first-order chi connectivity index (χ1) is 13.3. The lowest BCUT2D eigenvalue weighted by atomic mass is 10.1. The van der Waals surface area contributed by atoms with Gasteiger partial charge in [0.1, 0.15) is 11.9 Å². The number of nitrogens with zero attached hydrogens (tertiary/aromatic N) is 3. The van der Waals surface area contributed by atoms with Crippen LogP contribution >= 0.6 is 11.8 Å². The van der Waals surface area contributed by atoms with Crippen LogP contribution in [0.2, 0.25) is 0 Å². The van der Waals surface area contributed by atoms with E-state index in [4.69, 9.17) is 0 Å². The largest absolute Gasteiger partial charge is 0.409 e. The molecule has 0 unspecified atom stereocenters. The van der Waals surface area contributed by atoms with Crippen LogP contribution in [0.1, 0.15) is 25.6 Å². The molecule has 0 radical (unpaired) electrons. The molecule has 11 heteroatoms. The summed E-state index contributed by atoms with van der Waals surface area (Å²) in [7, 11) is 0. The Morgan fingerprint density at radius 2 is 2.11 bits per heavy atom. The number of carbonyl (C=O) groups excluding carboxylic acids is 2. The van der Waals surface area contributed by atoms with E-state index >= 15 is 0 Å². The maximum absolute atomic E-state index is 13.6. The molecule has 1 atom stereocenters. The van der Waals surface area contributed by atoms with Crippen LogP contribution in [0.5, 0.6) is 0 Å². The van der Waals surface area contributed by atoms with Crippen LogP contribution in [0.15, 0.2) is 29.4 Å². The van der Waals surface area contributed by atoms with Gasteiger partial charge < -0.3 is 5.32 Å². The van der Waals surface area contributed by atoms with Crippen LogP contribution in [-0.2, 0) is 16.0 Å². The minimum atomic E-state index is -4.76. The number of halogens is 3. The molecule has 150 valence electrons. The Hall–Kier alpha value is -2.56. The lowest BCUT2D eigenvalue weighted by Crippen LogP contribution is -2.50. The standard InChI is InChI=1S/C17H18F3N5O2S/c1-2-5-13-22-16(24-23-13)28-9-15(27)25-11-7-4-3-6-10(11)21-14(26)8-12(25)17(18,19)20/h3-4,6-7,12H,2,5,8-9H2,1H3,(H,21,26)(H,22,23,24)/t12-/m0/s1. The first-order valence-corrected chi connectivity index (χ1v) is 9.60. The Labute approximate surface area is 163 Å². The second-order valence-electron chi connectivity index (χ2n) is 6.19. The molecular formula is C17H18F3N5O2S. The highest BCUT2D eigenvalue weighted by Crippen LogP contribution is 2.38. The van der Waals surface area contributed by atoms with E-state index in [2.05, 4.69) is 20.5 Å². The van der Waals surface area contributed by atoms with Gasteiger partial charge in [-0.2, -0.15) is 13.2 Å². The Balaban J connectivity index is 1.86. The summed E-state index contributed by atoms with van der Waals surface area (Å²) in [4.78, 5) is 29.6. The summed E-state index contributed by atoms with van der Waals surface area (Å²) >= 11 is 0.946. The van der Waals surface area contributed by atoms with Crippen LogP contribution in [0.25, 0.3) is 0 Å². The number of thioether (sulfide) groups is 1. The number of hydrogen-bond donors (Lipinski definition) is 2. The van der Waals surface area contributed by atoms with Crippen molar-refractivity contribution in [1.82, 2.24) is 15.2 Å². The number of alkyl halides is 3. The predicted octanol–water partition coefficient (Wildman–Crippen LogP) is 3.16. The van der Waals surface area contributed by atoms with Crippen molar-refractivity contribution >= 4 is 35.0 Å². The smallest absolute Gasteiger partial charge is 0.324 e. The van der Waals surface area contributed by atoms with E-state index in [0.717, 1.165) is 18.2 Å². The second-order valence-corrected chi connectivity index (χ2v) is 7.14. The van der Waals surface area contributed by atoms with Gasteiger partial charge in [0.2, 0.25) is 17.0 Å². The molecule has 0 saturated carbocycles. The van der Waals surface area contributed by atoms with Crippen molar-refractivity contribution in [2.45, 2.75) is 43.6 Å². The number of hydrogen-bond acceptors (Lipinski definition) is 5. The Morgan fingerprint density at radius 3 is 2.82 bits per heavy atom. The maximum atomic E-state index is 13.6. The first-order valence-electron chi connectivity index (χ1n) is 8.61. The van der Waals surface area contributed by atoms with Crippen LogP contribution in [0.3, 0.4) is 0 Å². The van der Waals surface area contributed by atoms with Gasteiger partial charge in [-0.1, -0.05) is 30.8 Å². The van der Waals surface area contributed by atoms with E-state index in [-0.39, 0.29) is 22.3 Å². The van der Waals surface area contributed by atoms with Crippen molar-refractivity contribution < 1.29 is 22.8 Å². The quantitative estimate of drug-likeness (QED) is 0.735. The SMILES string of the molecule is CCCc1nc(SCC(=O)N2c3ccccc3NC(=O)C[C@H]2C(F)(F)F)n[nH]1. The molecular weight excluding hydrogens is 395 g/mol. The first kappa shape index (κ1) is 20.2. The number of aromatic amines is 1. The van der Waals surface area contributed by atoms with E-state index in [9.17, 15) is 22.8 Å². The number of nitrogens with one attached hydrogen (secondary N) is 2. The molecule has 0 aliphatic carbocycles. The van der Waals surface area contributed by atoms with Gasteiger partial charge in [-0.05, 0) is 18.6 Å². The zero-order valence-corrected chi connectivity index (χ0v) is 15.7. The minimum absolute atomic E-state index is 0.0166. The number of aryl methyl sites for hydroxylation is 1. The highest BCUT2D eigenvalue weighted by Gasteiger charge is 2.48. The zero-order chi connectivity index (χ0) is 20.3. The Kier molecular flexibility index (Phi) is 5.92. The van der Waals surface area contributed by atoms with Gasteiger partial charge in [-0.25, -0.2) is 4.98 Å². The summed E-state index contributed by atoms with van der Waals surface area (Å²) in [6.07, 6.45) is -4.08. The van der Waals surface area contributed by atoms with Gasteiger partial charge in [0, 0.05) is 6.42 Å². The number of benzene rings is 1. The summed E-state index contributed by atoms with van der Waals surface area (Å²) in [5.74, 6) is -1.21. The van der Waals surface area contributed by atoms with E-state index in [0.29, 0.717) is 17.1 Å². The highest BCUT2D eigenvalue weighted by molar-refractivity contribution is 7.99. The highest BCUT2D eigenvalue weighted by atomic mass is 32.2. The Bertz CT molecular complexity index is 870. The molecule has 2 amide bonds. The van der Waals surface area contributed by atoms with Gasteiger partial charge in [0.15, 0.2) is 0 Å². The van der Waals surface area contributed by atoms with Crippen molar-refractivity contribution in [2.24, 2.45) is 0 Å². The number of amides is 2. The van der Waals surface area contributed by atoms with Crippen LogP contribution in [0.4, 0.5) is 24.5 Å². The van der Waals surface area contributed by atoms with Crippen molar-refractivity contribution in [3.05, 3.63) is 30.1 Å². The number of para-hydroxylation sites is 2. The van der Waals surface area contributed by atoms with E-state index in [1.165, 1.54) is 18.2 Å². The number of carbonyl (C=O) groups is 2. The molecule has 1 aromatic heterocycles. The normalized spacial score (nSPS) is 17.1. The molecule has 1 aliphatic rings. The fourth-order valence-corrected chi connectivity index (χ4v) is 3.56. The van der Waals surface area contributed by atoms with Crippen LogP contribution in [0, 0.1) is 0 Å². The van der Waals surface area contributed by atoms with E-state index in [1.54, 1.807) is 6.07 Å². The Morgan fingerprint density at radius 1 is 1.36 bits per heavy atom. The van der Waals surface area contributed by atoms with Gasteiger partial charge in [-0.15, -0.1) is 5.10 Å². The summed E-state index contributed by atoms with van der Waals surface area (Å²) < 4.78 is 40.9. The van der Waals surface area contributed by atoms with Crippen molar-refractivity contribution in [3.63, 3.8) is 0 Å². The third-order valence-electron chi connectivity index (χ3n) is 4.10. The average Bonchev–Trinajstić information content (AvgIpc) is 3.01. The molecule has 2 heterocycles. The average molecular weight is 413 g/mol. The van der Waals surface area contributed by atoms with Crippen molar-refractivity contribution in [3.8, 4) is 0 Å². The third-order valence-corrected chi connectivity index (χ3v) is 4.93. The molecule has 0 bridgehead atoms. The van der Waals surface area contributed by atoms with Crippen LogP contribution < -0.4 is 10.2 Å². The van der Waals surface area contributed by atoms with E-state index in [1.807, 2.05) is 6.92 Å². The van der Waals surface area contributed by atoms with Crippen molar-refractivity contribution in [1.29, 1.82) is 0 Å². The monoisotopic (exact) mass is 413 g/mol. The molecule has 1 aromatic carbocycles. The number of anilines is 2. The van der Waals surface area contributed by atoms with Crippen LogP contribution in [-0.4, -0.2) is 45.0 Å². The predicted molar refractivity (Wildman–Crippen MR) is 98.1 cm³/mol. The van der Waals surface area contributed by atoms with Gasteiger partial charge >= 0.3 is 6.18 Å². The topological polar surface area (TPSA) is 91.0 Å². The zero-order valence-electron chi connectivity index (χ0n) is 14.9. The minimum Gasteiger partial charge on any atom is -0.324 e. The summed E-state index contributed by atoms with van der Waals surface area (Å²) in [5, 5.41) is 9.42. The lowest BCUT2D eigenvalue weighted by molar-refractivity contribution is -0.157.